The summed E-state index contributed by atoms with van der Waals surface area (Å²) in [6.45, 7) is 25.2. The lowest BCUT2D eigenvalue weighted by atomic mass is 9.93. The molecule has 2 N–H and O–H groups in total. The van der Waals surface area contributed by atoms with Gasteiger partial charge in [0.15, 0.2) is 0 Å². The van der Waals surface area contributed by atoms with E-state index in [4.69, 9.17) is 9.97 Å². The van der Waals surface area contributed by atoms with Gasteiger partial charge in [-0.1, -0.05) is 146 Å². The molecule has 8 nitrogen and oxygen atoms in total. The number of nitrogens with zero attached hydrogens (tertiary/aromatic N) is 6. The Kier molecular flexibility index (Phi) is 14.6. The highest BCUT2D eigenvalue weighted by atomic mass is 15.1. The van der Waals surface area contributed by atoms with E-state index < -0.39 is 0 Å². The van der Waals surface area contributed by atoms with Crippen molar-refractivity contribution in [3.05, 3.63) is 194 Å². The summed E-state index contributed by atoms with van der Waals surface area (Å²) in [6.07, 6.45) is 0. The normalized spacial score (nSPS) is 11.7. The summed E-state index contributed by atoms with van der Waals surface area (Å²) in [5, 5.41) is 4.44. The van der Waals surface area contributed by atoms with Crippen molar-refractivity contribution in [1.82, 2.24) is 19.9 Å². The predicted octanol–water partition coefficient (Wildman–Crippen LogP) is 19.3. The first-order chi connectivity index (χ1) is 41.3. The van der Waals surface area contributed by atoms with Gasteiger partial charge in [0.2, 0.25) is 0 Å². The molecular weight excluding hydrogens is 1020 g/mol. The molecule has 84 heavy (non-hydrogen) atoms. The topological polar surface area (TPSA) is 70.3 Å². The fraction of sp³-hybridized carbons (Fsp3) is 0.211. The van der Waals surface area contributed by atoms with Crippen LogP contribution in [-0.4, -0.2) is 72.3 Å². The van der Waals surface area contributed by atoms with E-state index in [1.54, 1.807) is 0 Å². The number of H-pyrrole nitrogens is 2. The number of anilines is 4. The molecule has 8 aromatic carbocycles. The van der Waals surface area contributed by atoms with Gasteiger partial charge in [-0.3, -0.25) is 0 Å². The van der Waals surface area contributed by atoms with Crippen LogP contribution in [0.3, 0.4) is 0 Å². The minimum Gasteiger partial charge on any atom is -0.372 e. The van der Waals surface area contributed by atoms with Crippen molar-refractivity contribution in [2.75, 3.05) is 72.0 Å². The first-order valence-corrected chi connectivity index (χ1v) is 30.6. The Balaban J connectivity index is 1.30. The molecule has 2 aliphatic heterocycles. The van der Waals surface area contributed by atoms with Crippen LogP contribution in [0.5, 0.6) is 0 Å². The second kappa shape index (κ2) is 22.7. The smallest absolute Gasteiger partial charge is 0.0816 e. The number of hydrogen-bond donors (Lipinski definition) is 2. The van der Waals surface area contributed by atoms with Crippen LogP contribution in [0.1, 0.15) is 55.4 Å². The molecule has 13 rings (SSSR count). The van der Waals surface area contributed by atoms with Crippen molar-refractivity contribution in [1.29, 1.82) is 0 Å². The fourth-order valence-electron chi connectivity index (χ4n) is 13.5. The zero-order chi connectivity index (χ0) is 57.6. The summed E-state index contributed by atoms with van der Waals surface area (Å²) in [5.74, 6) is 0. The molecule has 4 heterocycles. The van der Waals surface area contributed by atoms with E-state index in [-0.39, 0.29) is 0 Å². The number of rotatable bonds is 16. The van der Waals surface area contributed by atoms with Gasteiger partial charge in [0.1, 0.15) is 0 Å². The molecule has 1 aliphatic carbocycles. The minimum atomic E-state index is 0.917. The van der Waals surface area contributed by atoms with E-state index in [1.807, 2.05) is 0 Å². The molecule has 0 radical (unpaired) electrons. The molecule has 0 fully saturated rings. The quantitative estimate of drug-likeness (QED) is 0.100. The molecule has 8 heteroatoms. The average molecular weight is 1100 g/mol. The lowest BCUT2D eigenvalue weighted by Gasteiger charge is -2.21. The zero-order valence-electron chi connectivity index (χ0n) is 49.8. The van der Waals surface area contributed by atoms with E-state index in [2.05, 4.69) is 279 Å². The highest BCUT2D eigenvalue weighted by Gasteiger charge is 2.30. The highest BCUT2D eigenvalue weighted by molar-refractivity contribution is 6.21. The zero-order valence-corrected chi connectivity index (χ0v) is 49.8. The summed E-state index contributed by atoms with van der Waals surface area (Å²) in [5.41, 5.74) is 25.2. The summed E-state index contributed by atoms with van der Waals surface area (Å²) in [4.78, 5) is 30.4. The number of benzene rings is 8. The van der Waals surface area contributed by atoms with Crippen molar-refractivity contribution < 1.29 is 0 Å². The Morgan fingerprint density at radius 1 is 0.250 bits per heavy atom. The lowest BCUT2D eigenvalue weighted by Crippen LogP contribution is -2.21. The molecule has 10 aromatic rings. The molecule has 0 saturated carbocycles. The van der Waals surface area contributed by atoms with Crippen LogP contribution < -0.4 is 19.6 Å². The van der Waals surface area contributed by atoms with Crippen LogP contribution in [0.15, 0.2) is 194 Å². The molecule has 0 amide bonds. The SMILES string of the molecule is CCN(CC)c1ccc(-c2c3nc(c(-c4ccc(N(CC)CC)cc4)c4[nH]c(c(-c5ccc(N(CC)CC)cc5)c5nc(c(-c6ccc(N(CC)CC)cc6)c6[nH]c2c2ccccc62)-c2ccccc2-5)c2ccccc42)-c2ccccc2-3)cc1. The molecule has 418 valence electrons. The fourth-order valence-corrected chi connectivity index (χ4v) is 13.5. The van der Waals surface area contributed by atoms with Gasteiger partial charge in [-0.2, -0.15) is 0 Å². The van der Waals surface area contributed by atoms with Gasteiger partial charge in [-0.15, -0.1) is 0 Å². The summed E-state index contributed by atoms with van der Waals surface area (Å²) in [6, 6.07) is 72.4. The third-order valence-electron chi connectivity index (χ3n) is 17.8. The van der Waals surface area contributed by atoms with E-state index in [0.29, 0.717) is 0 Å². The van der Waals surface area contributed by atoms with Gasteiger partial charge < -0.3 is 29.6 Å². The molecule has 0 spiro atoms. The largest absolute Gasteiger partial charge is 0.372 e. The van der Waals surface area contributed by atoms with Gasteiger partial charge in [0.25, 0.3) is 0 Å². The van der Waals surface area contributed by atoms with Crippen molar-refractivity contribution in [3.8, 4) is 89.5 Å². The molecule has 0 saturated heterocycles. The summed E-state index contributed by atoms with van der Waals surface area (Å²) >= 11 is 0. The van der Waals surface area contributed by atoms with Crippen LogP contribution >= 0.6 is 0 Å². The second-order valence-corrected chi connectivity index (χ2v) is 21.9. The van der Waals surface area contributed by atoms with Crippen LogP contribution in [-0.2, 0) is 0 Å². The number of nitrogens with one attached hydrogen (secondary N) is 2. The van der Waals surface area contributed by atoms with E-state index in [0.717, 1.165) is 186 Å². The monoisotopic (exact) mass is 1100 g/mol. The Hall–Kier alpha value is -9.40. The van der Waals surface area contributed by atoms with Crippen LogP contribution in [0, 0.1) is 0 Å². The Labute approximate surface area is 494 Å². The highest BCUT2D eigenvalue weighted by Crippen LogP contribution is 2.52. The first kappa shape index (κ1) is 53.9. The van der Waals surface area contributed by atoms with Crippen LogP contribution in [0.2, 0.25) is 0 Å². The lowest BCUT2D eigenvalue weighted by molar-refractivity contribution is 0.866. The maximum Gasteiger partial charge on any atom is 0.0816 e. The first-order valence-electron chi connectivity index (χ1n) is 30.6. The Morgan fingerprint density at radius 2 is 0.440 bits per heavy atom. The van der Waals surface area contributed by atoms with Crippen LogP contribution in [0.4, 0.5) is 22.7 Å². The predicted molar refractivity (Wildman–Crippen MR) is 361 cm³/mol. The molecule has 0 atom stereocenters. The number of hydrogen-bond acceptors (Lipinski definition) is 6. The molecule has 8 bridgehead atoms. The third kappa shape index (κ3) is 9.07. The maximum absolute atomic E-state index is 6.12. The van der Waals surface area contributed by atoms with Gasteiger partial charge >= 0.3 is 0 Å². The number of aromatic nitrogens is 4. The average Bonchev–Trinajstić information content (AvgIpc) is 2.65. The van der Waals surface area contributed by atoms with Crippen LogP contribution in [0.25, 0.3) is 133 Å². The molecule has 0 unspecified atom stereocenters. The maximum atomic E-state index is 6.12. The van der Waals surface area contributed by atoms with Crippen molar-refractivity contribution >= 4 is 66.4 Å². The van der Waals surface area contributed by atoms with E-state index in [1.165, 1.54) is 22.7 Å². The third-order valence-corrected chi connectivity index (χ3v) is 17.8. The Morgan fingerprint density at radius 3 is 0.631 bits per heavy atom. The molecule has 2 aromatic heterocycles. The molecule has 3 aliphatic rings. The van der Waals surface area contributed by atoms with Crippen molar-refractivity contribution in [3.63, 3.8) is 0 Å². The van der Waals surface area contributed by atoms with Crippen molar-refractivity contribution in [2.45, 2.75) is 55.4 Å². The minimum absolute atomic E-state index is 0.917. The van der Waals surface area contributed by atoms with Crippen molar-refractivity contribution in [2.24, 2.45) is 0 Å². The Bertz CT molecular complexity index is 3840. The summed E-state index contributed by atoms with van der Waals surface area (Å²) in [7, 11) is 0. The number of aromatic amines is 2. The van der Waals surface area contributed by atoms with Gasteiger partial charge in [0, 0.05) is 141 Å². The second-order valence-electron chi connectivity index (χ2n) is 21.9. The van der Waals surface area contributed by atoms with E-state index in [9.17, 15) is 0 Å². The standard InChI is InChI=1S/C76H74N8/c1-9-81(10-2)53-41-33-49(34-42-53)65-69-57-25-17-19-27-59(57)71(77-69)66(50-35-43-54(44-36-50)82(11-3)12-4)73-61-29-21-23-31-63(61)75(79-73)68(52-39-47-56(48-40-52)84(15-7)16-8)76-64-32-24-22-30-62(64)74(80-76)67(51-37-45-55(46-38-51)83(13-5)14-6)72-60-28-20-18-26-58(60)70(65)78-72/h17-48,77,80H,9-16H2,1-8H3. The van der Waals surface area contributed by atoms with Gasteiger partial charge in [-0.25, -0.2) is 9.97 Å². The summed E-state index contributed by atoms with van der Waals surface area (Å²) < 4.78 is 0. The van der Waals surface area contributed by atoms with E-state index >= 15 is 0 Å². The van der Waals surface area contributed by atoms with Gasteiger partial charge in [-0.05, 0) is 126 Å². The van der Waals surface area contributed by atoms with Gasteiger partial charge in [0.05, 0.1) is 44.8 Å². The molecular formula is C76H74N8.